The molecular formula is C19H34N6O2. The molecule has 1 aliphatic rings. The Balaban J connectivity index is 1.78. The Morgan fingerprint density at radius 2 is 2.00 bits per heavy atom. The van der Waals surface area contributed by atoms with Crippen LogP contribution < -0.4 is 16.0 Å². The number of amides is 1. The summed E-state index contributed by atoms with van der Waals surface area (Å²) in [6.07, 6.45) is 9.01. The van der Waals surface area contributed by atoms with Crippen LogP contribution in [0.4, 0.5) is 0 Å². The Bertz CT molecular complexity index is 619. The molecule has 0 bridgehead atoms. The summed E-state index contributed by atoms with van der Waals surface area (Å²) in [5.74, 6) is 0.960. The second-order valence-electron chi connectivity index (χ2n) is 7.42. The van der Waals surface area contributed by atoms with Gasteiger partial charge in [-0.1, -0.05) is 19.3 Å². The van der Waals surface area contributed by atoms with Gasteiger partial charge in [0.1, 0.15) is 5.60 Å². The molecule has 8 heteroatoms. The van der Waals surface area contributed by atoms with Crippen molar-refractivity contribution in [2.45, 2.75) is 51.6 Å². The summed E-state index contributed by atoms with van der Waals surface area (Å²) in [6, 6.07) is 0. The molecule has 27 heavy (non-hydrogen) atoms. The molecule has 0 radical (unpaired) electrons. The van der Waals surface area contributed by atoms with Gasteiger partial charge in [0.15, 0.2) is 5.96 Å². The third-order valence-corrected chi connectivity index (χ3v) is 4.91. The number of hydrogen-bond donors (Lipinski definition) is 4. The van der Waals surface area contributed by atoms with Gasteiger partial charge in [-0.3, -0.25) is 9.48 Å². The minimum absolute atomic E-state index is 0.165. The van der Waals surface area contributed by atoms with Crippen molar-refractivity contribution in [1.82, 2.24) is 25.7 Å². The highest BCUT2D eigenvalue weighted by Gasteiger charge is 2.24. The summed E-state index contributed by atoms with van der Waals surface area (Å²) in [5, 5.41) is 24.1. The van der Waals surface area contributed by atoms with E-state index in [1.54, 1.807) is 24.0 Å². The van der Waals surface area contributed by atoms with Gasteiger partial charge in [0.05, 0.1) is 12.7 Å². The van der Waals surface area contributed by atoms with E-state index in [0.29, 0.717) is 19.0 Å². The van der Waals surface area contributed by atoms with Crippen molar-refractivity contribution >= 4 is 11.9 Å². The summed E-state index contributed by atoms with van der Waals surface area (Å²) in [5.41, 5.74) is -0.365. The molecule has 1 fully saturated rings. The third-order valence-electron chi connectivity index (χ3n) is 4.91. The van der Waals surface area contributed by atoms with E-state index < -0.39 is 5.60 Å². The largest absolute Gasteiger partial charge is 0.383 e. The molecule has 1 saturated carbocycles. The first-order valence-corrected chi connectivity index (χ1v) is 9.94. The second-order valence-corrected chi connectivity index (χ2v) is 7.42. The monoisotopic (exact) mass is 378 g/mol. The van der Waals surface area contributed by atoms with Crippen molar-refractivity contribution in [1.29, 1.82) is 0 Å². The lowest BCUT2D eigenvalue weighted by Crippen LogP contribution is -2.43. The minimum Gasteiger partial charge on any atom is -0.383 e. The predicted octanol–water partition coefficient (Wildman–Crippen LogP) is 0.879. The summed E-state index contributed by atoms with van der Waals surface area (Å²) < 4.78 is 1.66. The minimum atomic E-state index is -1.09. The number of carbonyl (C=O) groups excluding carboxylic acids is 1. The lowest BCUT2D eigenvalue weighted by molar-refractivity contribution is -0.125. The Hall–Kier alpha value is -2.09. The van der Waals surface area contributed by atoms with Crippen molar-refractivity contribution in [3.8, 4) is 0 Å². The van der Waals surface area contributed by atoms with Crippen LogP contribution in [0.2, 0.25) is 0 Å². The fraction of sp³-hybridized carbons (Fsp3) is 0.737. The van der Waals surface area contributed by atoms with E-state index in [1.165, 1.54) is 6.42 Å². The molecule has 152 valence electrons. The zero-order valence-corrected chi connectivity index (χ0v) is 16.8. The number of aromatic nitrogens is 2. The van der Waals surface area contributed by atoms with Crippen LogP contribution in [0.25, 0.3) is 0 Å². The molecule has 1 atom stereocenters. The first-order valence-electron chi connectivity index (χ1n) is 9.94. The Morgan fingerprint density at radius 3 is 2.63 bits per heavy atom. The number of nitrogens with one attached hydrogen (secondary N) is 3. The number of carbonyl (C=O) groups is 1. The van der Waals surface area contributed by atoms with Gasteiger partial charge in [-0.15, -0.1) is 0 Å². The Labute approximate surface area is 161 Å². The maximum absolute atomic E-state index is 12.2. The fourth-order valence-corrected chi connectivity index (χ4v) is 3.24. The van der Waals surface area contributed by atoms with Gasteiger partial charge >= 0.3 is 0 Å². The molecule has 4 N–H and O–H groups in total. The molecule has 0 spiro atoms. The van der Waals surface area contributed by atoms with Crippen molar-refractivity contribution < 1.29 is 9.90 Å². The van der Waals surface area contributed by atoms with E-state index in [9.17, 15) is 9.90 Å². The molecule has 0 aliphatic heterocycles. The Morgan fingerprint density at radius 1 is 1.30 bits per heavy atom. The quantitative estimate of drug-likeness (QED) is 0.305. The number of guanidine groups is 1. The standard InChI is InChI=1S/C19H34N6O2/c1-4-20-18(23-14-19(2,27)16-12-24-25(3)13-16)22-11-10-21-17(26)15-8-6-5-7-9-15/h12-13,15,27H,4-11,14H2,1-3H3,(H,21,26)(H2,20,22,23). The smallest absolute Gasteiger partial charge is 0.223 e. The van der Waals surface area contributed by atoms with Crippen LogP contribution in [-0.4, -0.2) is 52.9 Å². The highest BCUT2D eigenvalue weighted by atomic mass is 16.3. The second kappa shape index (κ2) is 10.3. The summed E-state index contributed by atoms with van der Waals surface area (Å²) in [4.78, 5) is 16.6. The van der Waals surface area contributed by atoms with E-state index in [2.05, 4.69) is 26.0 Å². The van der Waals surface area contributed by atoms with E-state index in [4.69, 9.17) is 0 Å². The number of aryl methyl sites for hydroxylation is 1. The summed E-state index contributed by atoms with van der Waals surface area (Å²) in [7, 11) is 1.82. The van der Waals surface area contributed by atoms with Crippen LogP contribution in [-0.2, 0) is 17.4 Å². The average molecular weight is 379 g/mol. The molecule has 0 saturated heterocycles. The van der Waals surface area contributed by atoms with E-state index >= 15 is 0 Å². The van der Waals surface area contributed by atoms with E-state index in [1.807, 2.05) is 14.0 Å². The third kappa shape index (κ3) is 6.86. The van der Waals surface area contributed by atoms with Gasteiger partial charge in [0, 0.05) is 44.4 Å². The van der Waals surface area contributed by atoms with Crippen molar-refractivity contribution in [3.05, 3.63) is 18.0 Å². The van der Waals surface area contributed by atoms with Crippen LogP contribution >= 0.6 is 0 Å². The van der Waals surface area contributed by atoms with Gasteiger partial charge in [0.25, 0.3) is 0 Å². The van der Waals surface area contributed by atoms with Gasteiger partial charge in [-0.2, -0.15) is 5.10 Å². The van der Waals surface area contributed by atoms with Crippen LogP contribution in [0, 0.1) is 5.92 Å². The predicted molar refractivity (Wildman–Crippen MR) is 106 cm³/mol. The highest BCUT2D eigenvalue weighted by Crippen LogP contribution is 2.23. The normalized spacial score (nSPS) is 18.0. The maximum Gasteiger partial charge on any atom is 0.223 e. The van der Waals surface area contributed by atoms with Crippen molar-refractivity contribution in [2.24, 2.45) is 18.0 Å². The number of nitrogens with zero attached hydrogens (tertiary/aromatic N) is 3. The Kier molecular flexibility index (Phi) is 8.09. The SMILES string of the molecule is CCNC(=NCC(C)(O)c1cnn(C)c1)NCCNC(=O)C1CCCCC1. The van der Waals surface area contributed by atoms with Gasteiger partial charge in [-0.25, -0.2) is 4.99 Å². The van der Waals surface area contributed by atoms with Gasteiger partial charge in [0.2, 0.25) is 5.91 Å². The summed E-state index contributed by atoms with van der Waals surface area (Å²) in [6.45, 7) is 5.78. The van der Waals surface area contributed by atoms with Crippen molar-refractivity contribution in [3.63, 3.8) is 0 Å². The van der Waals surface area contributed by atoms with Gasteiger partial charge < -0.3 is 21.1 Å². The molecule has 1 unspecified atom stereocenters. The zero-order chi connectivity index (χ0) is 19.7. The number of aliphatic imine (C=N–C) groups is 1. The molecule has 1 aromatic rings. The first kappa shape index (κ1) is 21.2. The zero-order valence-electron chi connectivity index (χ0n) is 16.8. The molecular weight excluding hydrogens is 344 g/mol. The molecule has 0 aromatic carbocycles. The molecule has 2 rings (SSSR count). The number of aliphatic hydroxyl groups is 1. The molecule has 1 heterocycles. The average Bonchev–Trinajstić information content (AvgIpc) is 3.11. The maximum atomic E-state index is 12.2. The lowest BCUT2D eigenvalue weighted by Gasteiger charge is -2.21. The van der Waals surface area contributed by atoms with E-state index in [-0.39, 0.29) is 18.4 Å². The van der Waals surface area contributed by atoms with E-state index in [0.717, 1.165) is 37.8 Å². The highest BCUT2D eigenvalue weighted by molar-refractivity contribution is 5.80. The van der Waals surface area contributed by atoms with Crippen LogP contribution in [0.1, 0.15) is 51.5 Å². The topological polar surface area (TPSA) is 104 Å². The molecule has 1 amide bonds. The molecule has 1 aliphatic carbocycles. The molecule has 8 nitrogen and oxygen atoms in total. The van der Waals surface area contributed by atoms with Crippen molar-refractivity contribution in [2.75, 3.05) is 26.2 Å². The van der Waals surface area contributed by atoms with Crippen LogP contribution in [0.15, 0.2) is 17.4 Å². The number of hydrogen-bond acceptors (Lipinski definition) is 4. The number of rotatable bonds is 8. The van der Waals surface area contributed by atoms with Crippen LogP contribution in [0.3, 0.4) is 0 Å². The van der Waals surface area contributed by atoms with Gasteiger partial charge in [-0.05, 0) is 26.7 Å². The fourth-order valence-electron chi connectivity index (χ4n) is 3.24. The van der Waals surface area contributed by atoms with Crippen LogP contribution in [0.5, 0.6) is 0 Å². The summed E-state index contributed by atoms with van der Waals surface area (Å²) >= 11 is 0. The first-order chi connectivity index (χ1) is 12.9. The lowest BCUT2D eigenvalue weighted by atomic mass is 9.89. The molecule has 1 aromatic heterocycles.